The Morgan fingerprint density at radius 3 is 1.94 bits per heavy atom. The van der Waals surface area contributed by atoms with Crippen LogP contribution in [0.25, 0.3) is 0 Å². The highest BCUT2D eigenvalue weighted by Crippen LogP contribution is 2.44. The molecule has 178 valence electrons. The molecule has 3 rings (SSSR count). The summed E-state index contributed by atoms with van der Waals surface area (Å²) in [6.45, 7) is 4.75. The molecule has 0 aliphatic rings. The van der Waals surface area contributed by atoms with Gasteiger partial charge in [0.1, 0.15) is 5.82 Å². The first-order valence-electron chi connectivity index (χ1n) is 13.2. The second kappa shape index (κ2) is 13.4. The molecule has 0 saturated carbocycles. The Morgan fingerprint density at radius 1 is 0.788 bits per heavy atom. The molecule has 0 saturated heterocycles. The largest absolute Gasteiger partial charge is 0.338 e. The van der Waals surface area contributed by atoms with Crippen LogP contribution < -0.4 is 0 Å². The summed E-state index contributed by atoms with van der Waals surface area (Å²) in [7, 11) is 2.15. The van der Waals surface area contributed by atoms with E-state index in [9.17, 15) is 0 Å². The van der Waals surface area contributed by atoms with Crippen LogP contribution in [0.1, 0.15) is 101 Å². The molecule has 0 amide bonds. The number of aryl methyl sites for hydroxylation is 1. The second-order valence-corrected chi connectivity index (χ2v) is 10.0. The fraction of sp³-hybridized carbons (Fsp3) is 0.516. The van der Waals surface area contributed by atoms with Gasteiger partial charge in [-0.1, -0.05) is 132 Å². The quantitative estimate of drug-likeness (QED) is 0.214. The summed E-state index contributed by atoms with van der Waals surface area (Å²) >= 11 is 0. The van der Waals surface area contributed by atoms with E-state index in [1.807, 2.05) is 6.20 Å². The number of hydrogen-bond acceptors (Lipinski definition) is 1. The first-order valence-corrected chi connectivity index (χ1v) is 13.2. The summed E-state index contributed by atoms with van der Waals surface area (Å²) in [4.78, 5) is 4.87. The van der Waals surface area contributed by atoms with Gasteiger partial charge in [-0.25, -0.2) is 4.98 Å². The molecular formula is C31H44N2. The number of aromatic nitrogens is 2. The van der Waals surface area contributed by atoms with E-state index < -0.39 is 0 Å². The van der Waals surface area contributed by atoms with Crippen molar-refractivity contribution in [2.24, 2.45) is 7.05 Å². The second-order valence-electron chi connectivity index (χ2n) is 10.0. The molecule has 2 nitrogen and oxygen atoms in total. The van der Waals surface area contributed by atoms with Gasteiger partial charge in [-0.2, -0.15) is 0 Å². The van der Waals surface area contributed by atoms with Gasteiger partial charge < -0.3 is 4.57 Å². The fourth-order valence-corrected chi connectivity index (χ4v) is 5.37. The Labute approximate surface area is 202 Å². The summed E-state index contributed by atoms with van der Waals surface area (Å²) < 4.78 is 2.24. The zero-order chi connectivity index (χ0) is 23.4. The third-order valence-electron chi connectivity index (χ3n) is 7.38. The van der Waals surface area contributed by atoms with Gasteiger partial charge in [0, 0.05) is 30.8 Å². The lowest BCUT2D eigenvalue weighted by Gasteiger charge is -2.39. The first kappa shape index (κ1) is 25.3. The first-order chi connectivity index (χ1) is 16.1. The number of imidazole rings is 1. The lowest BCUT2D eigenvalue weighted by Crippen LogP contribution is -2.34. The number of unbranched alkanes of at least 4 members (excludes halogenated alkanes) is 8. The number of benzene rings is 2. The molecule has 3 aromatic rings. The maximum Gasteiger partial charge on any atom is 0.112 e. The molecule has 0 spiro atoms. The standard InChI is InChI=1S/C31H44N2/c1-4-5-6-7-8-9-10-11-18-23-29(30-32-24-25-33(30)3)31(2,28-21-16-13-17-22-28)26-27-19-14-12-15-20-27/h12-17,19-22,24-25,29H,4-11,18,23,26H2,1-3H3. The number of nitrogens with zero attached hydrogens (tertiary/aromatic N) is 2. The van der Waals surface area contributed by atoms with Gasteiger partial charge >= 0.3 is 0 Å². The van der Waals surface area contributed by atoms with Crippen molar-refractivity contribution in [1.29, 1.82) is 0 Å². The number of hydrogen-bond donors (Lipinski definition) is 0. The van der Waals surface area contributed by atoms with Crippen LogP contribution in [-0.2, 0) is 18.9 Å². The Hall–Kier alpha value is -2.35. The molecule has 2 atom stereocenters. The maximum atomic E-state index is 4.87. The predicted octanol–water partition coefficient (Wildman–Crippen LogP) is 8.63. The van der Waals surface area contributed by atoms with E-state index >= 15 is 0 Å². The van der Waals surface area contributed by atoms with Crippen LogP contribution in [0.3, 0.4) is 0 Å². The van der Waals surface area contributed by atoms with E-state index in [4.69, 9.17) is 4.98 Å². The zero-order valence-corrected chi connectivity index (χ0v) is 21.2. The maximum absolute atomic E-state index is 4.87. The van der Waals surface area contributed by atoms with E-state index in [1.165, 1.54) is 81.2 Å². The van der Waals surface area contributed by atoms with Crippen molar-refractivity contribution in [3.05, 3.63) is 90.0 Å². The Kier molecular flexibility index (Phi) is 10.2. The van der Waals surface area contributed by atoms with Crippen molar-refractivity contribution in [3.8, 4) is 0 Å². The summed E-state index contributed by atoms with van der Waals surface area (Å²) in [6.07, 6.45) is 18.6. The highest BCUT2D eigenvalue weighted by atomic mass is 15.0. The third kappa shape index (κ3) is 7.32. The molecule has 0 bridgehead atoms. The van der Waals surface area contributed by atoms with Crippen molar-refractivity contribution < 1.29 is 0 Å². The van der Waals surface area contributed by atoms with Crippen LogP contribution in [0.4, 0.5) is 0 Å². The molecule has 0 N–H and O–H groups in total. The minimum Gasteiger partial charge on any atom is -0.338 e. The lowest BCUT2D eigenvalue weighted by atomic mass is 9.66. The molecule has 0 aliphatic heterocycles. The van der Waals surface area contributed by atoms with Gasteiger partial charge in [-0.05, 0) is 24.0 Å². The van der Waals surface area contributed by atoms with Gasteiger partial charge in [-0.3, -0.25) is 0 Å². The lowest BCUT2D eigenvalue weighted by molar-refractivity contribution is 0.326. The van der Waals surface area contributed by atoms with Crippen LogP contribution in [0.5, 0.6) is 0 Å². The van der Waals surface area contributed by atoms with Gasteiger partial charge in [0.05, 0.1) is 0 Å². The van der Waals surface area contributed by atoms with Gasteiger partial charge in [0.15, 0.2) is 0 Å². The molecule has 33 heavy (non-hydrogen) atoms. The van der Waals surface area contributed by atoms with Crippen LogP contribution >= 0.6 is 0 Å². The molecule has 1 aromatic heterocycles. The Morgan fingerprint density at radius 2 is 1.36 bits per heavy atom. The van der Waals surface area contributed by atoms with E-state index in [-0.39, 0.29) is 5.41 Å². The van der Waals surface area contributed by atoms with Crippen molar-refractivity contribution in [1.82, 2.24) is 9.55 Å². The molecule has 2 aromatic carbocycles. The van der Waals surface area contributed by atoms with E-state index in [0.29, 0.717) is 5.92 Å². The van der Waals surface area contributed by atoms with Gasteiger partial charge in [-0.15, -0.1) is 0 Å². The average Bonchev–Trinajstić information content (AvgIpc) is 3.26. The van der Waals surface area contributed by atoms with Crippen molar-refractivity contribution in [2.45, 2.75) is 95.8 Å². The number of rotatable bonds is 15. The summed E-state index contributed by atoms with van der Waals surface area (Å²) in [5.41, 5.74) is 2.80. The summed E-state index contributed by atoms with van der Waals surface area (Å²) in [5, 5.41) is 0. The monoisotopic (exact) mass is 444 g/mol. The Balaban J connectivity index is 1.74. The highest BCUT2D eigenvalue weighted by molar-refractivity contribution is 5.33. The fourth-order valence-electron chi connectivity index (χ4n) is 5.37. The van der Waals surface area contributed by atoms with Crippen LogP contribution in [-0.4, -0.2) is 9.55 Å². The minimum absolute atomic E-state index is 0.0120. The molecule has 0 radical (unpaired) electrons. The normalized spacial score (nSPS) is 14.2. The van der Waals surface area contributed by atoms with Gasteiger partial charge in [0.2, 0.25) is 0 Å². The predicted molar refractivity (Wildman–Crippen MR) is 142 cm³/mol. The highest BCUT2D eigenvalue weighted by Gasteiger charge is 2.38. The summed E-state index contributed by atoms with van der Waals surface area (Å²) in [6, 6.07) is 22.1. The average molecular weight is 445 g/mol. The van der Waals surface area contributed by atoms with Crippen LogP contribution in [0, 0.1) is 0 Å². The molecule has 2 unspecified atom stereocenters. The van der Waals surface area contributed by atoms with Crippen molar-refractivity contribution >= 4 is 0 Å². The zero-order valence-electron chi connectivity index (χ0n) is 21.2. The molecule has 0 fully saturated rings. The Bertz CT molecular complexity index is 899. The third-order valence-corrected chi connectivity index (χ3v) is 7.38. The van der Waals surface area contributed by atoms with Crippen molar-refractivity contribution in [2.75, 3.05) is 0 Å². The topological polar surface area (TPSA) is 17.8 Å². The SMILES string of the molecule is CCCCCCCCCCCC(c1nccn1C)C(C)(Cc1ccccc1)c1ccccc1. The molecule has 1 heterocycles. The van der Waals surface area contributed by atoms with Crippen molar-refractivity contribution in [3.63, 3.8) is 0 Å². The smallest absolute Gasteiger partial charge is 0.112 e. The van der Waals surface area contributed by atoms with E-state index in [0.717, 1.165) is 6.42 Å². The van der Waals surface area contributed by atoms with E-state index in [2.05, 4.69) is 92.3 Å². The van der Waals surface area contributed by atoms with E-state index in [1.54, 1.807) is 0 Å². The molecule has 0 aliphatic carbocycles. The van der Waals surface area contributed by atoms with Crippen LogP contribution in [0.15, 0.2) is 73.1 Å². The van der Waals surface area contributed by atoms with Crippen LogP contribution in [0.2, 0.25) is 0 Å². The minimum atomic E-state index is -0.0120. The molecular weight excluding hydrogens is 400 g/mol. The van der Waals surface area contributed by atoms with Gasteiger partial charge in [0.25, 0.3) is 0 Å². The molecule has 2 heteroatoms. The summed E-state index contributed by atoms with van der Waals surface area (Å²) in [5.74, 6) is 1.60.